The molecule has 0 saturated carbocycles. The lowest BCUT2D eigenvalue weighted by Crippen LogP contribution is -2.40. The quantitative estimate of drug-likeness (QED) is 0.588. The number of nitrogens with zero attached hydrogens (tertiary/aromatic N) is 2. The van der Waals surface area contributed by atoms with Crippen LogP contribution in [0.4, 0.5) is 5.69 Å². The van der Waals surface area contributed by atoms with Gasteiger partial charge in [-0.25, -0.2) is 8.42 Å². The number of hydrogen-bond donors (Lipinski definition) is 1. The third kappa shape index (κ3) is 4.03. The van der Waals surface area contributed by atoms with Gasteiger partial charge in [0.1, 0.15) is 10.6 Å². The van der Waals surface area contributed by atoms with Crippen molar-refractivity contribution >= 4 is 15.7 Å². The van der Waals surface area contributed by atoms with Gasteiger partial charge >= 0.3 is 0 Å². The van der Waals surface area contributed by atoms with Crippen molar-refractivity contribution in [2.75, 3.05) is 33.3 Å². The van der Waals surface area contributed by atoms with Gasteiger partial charge in [-0.2, -0.15) is 4.31 Å². The van der Waals surface area contributed by atoms with E-state index in [1.54, 1.807) is 0 Å². The topological polar surface area (TPSA) is 102 Å². The number of piperidine rings is 1. The number of methoxy groups -OCH3 is 1. The van der Waals surface area contributed by atoms with Gasteiger partial charge in [0, 0.05) is 25.2 Å². The van der Waals surface area contributed by atoms with Crippen molar-refractivity contribution in [1.29, 1.82) is 0 Å². The Kier molecular flexibility index (Phi) is 6.14. The van der Waals surface area contributed by atoms with E-state index in [0.717, 1.165) is 32.0 Å². The summed E-state index contributed by atoms with van der Waals surface area (Å²) in [7, 11) is -2.47. The zero-order valence-electron chi connectivity index (χ0n) is 13.9. The highest BCUT2D eigenvalue weighted by atomic mass is 32.2. The SMILES string of the molecule is CCNCC1CCN(S(=O)(=O)c2cc([N+](=O)[O-])ccc2OC)CC1. The van der Waals surface area contributed by atoms with Crippen LogP contribution in [0.2, 0.25) is 0 Å². The minimum atomic E-state index is -3.82. The molecule has 0 unspecified atom stereocenters. The molecule has 24 heavy (non-hydrogen) atoms. The second-order valence-electron chi connectivity index (χ2n) is 5.75. The van der Waals surface area contributed by atoms with E-state index in [-0.39, 0.29) is 16.3 Å². The van der Waals surface area contributed by atoms with Gasteiger partial charge in [0.05, 0.1) is 12.0 Å². The summed E-state index contributed by atoms with van der Waals surface area (Å²) < 4.78 is 32.2. The number of ether oxygens (including phenoxy) is 1. The summed E-state index contributed by atoms with van der Waals surface area (Å²) in [5.41, 5.74) is -0.267. The number of nitro groups is 1. The van der Waals surface area contributed by atoms with Crippen molar-refractivity contribution in [3.8, 4) is 5.75 Å². The first-order chi connectivity index (χ1) is 11.4. The van der Waals surface area contributed by atoms with Crippen molar-refractivity contribution in [2.24, 2.45) is 5.92 Å². The van der Waals surface area contributed by atoms with Crippen LogP contribution in [0.5, 0.6) is 5.75 Å². The molecule has 2 rings (SSSR count). The first kappa shape index (κ1) is 18.6. The van der Waals surface area contributed by atoms with E-state index in [0.29, 0.717) is 19.0 Å². The zero-order chi connectivity index (χ0) is 17.7. The Balaban J connectivity index is 2.22. The van der Waals surface area contributed by atoms with Crippen LogP contribution in [-0.2, 0) is 10.0 Å². The Bertz CT molecular complexity index is 684. The molecule has 1 aliphatic rings. The summed E-state index contributed by atoms with van der Waals surface area (Å²) in [6, 6.07) is 3.63. The maximum Gasteiger partial charge on any atom is 0.271 e. The standard InChI is InChI=1S/C15H23N3O5S/c1-3-16-11-12-6-8-17(9-7-12)24(21,22)15-10-13(18(19)20)4-5-14(15)23-2/h4-5,10,12,16H,3,6-9,11H2,1-2H3. The summed E-state index contributed by atoms with van der Waals surface area (Å²) in [6.07, 6.45) is 1.53. The number of non-ortho nitro benzene ring substituents is 1. The molecule has 1 aromatic carbocycles. The minimum Gasteiger partial charge on any atom is -0.495 e. The average Bonchev–Trinajstić information content (AvgIpc) is 2.59. The van der Waals surface area contributed by atoms with Crippen molar-refractivity contribution in [1.82, 2.24) is 9.62 Å². The van der Waals surface area contributed by atoms with Gasteiger partial charge in [0.2, 0.25) is 10.0 Å². The predicted octanol–water partition coefficient (Wildman–Crippen LogP) is 1.61. The van der Waals surface area contributed by atoms with Gasteiger partial charge in [0.15, 0.2) is 0 Å². The number of rotatable bonds is 7. The van der Waals surface area contributed by atoms with Crippen LogP contribution >= 0.6 is 0 Å². The molecule has 8 nitrogen and oxygen atoms in total. The molecule has 0 aromatic heterocycles. The maximum atomic E-state index is 12.9. The third-order valence-electron chi connectivity index (χ3n) is 4.23. The molecule has 0 spiro atoms. The van der Waals surface area contributed by atoms with Gasteiger partial charge in [-0.05, 0) is 37.9 Å². The molecule has 0 bridgehead atoms. The molecule has 0 aliphatic carbocycles. The highest BCUT2D eigenvalue weighted by Crippen LogP contribution is 2.32. The number of nitrogens with one attached hydrogen (secondary N) is 1. The first-order valence-electron chi connectivity index (χ1n) is 7.93. The Morgan fingerprint density at radius 3 is 2.58 bits per heavy atom. The van der Waals surface area contributed by atoms with Gasteiger partial charge < -0.3 is 10.1 Å². The Hall–Kier alpha value is -1.71. The summed E-state index contributed by atoms with van der Waals surface area (Å²) in [5, 5.41) is 14.2. The van der Waals surface area contributed by atoms with Crippen LogP contribution in [0.15, 0.2) is 23.1 Å². The first-order valence-corrected chi connectivity index (χ1v) is 9.37. The van der Waals surface area contributed by atoms with E-state index in [1.807, 2.05) is 6.92 Å². The van der Waals surface area contributed by atoms with Crippen LogP contribution in [0.25, 0.3) is 0 Å². The van der Waals surface area contributed by atoms with E-state index in [9.17, 15) is 18.5 Å². The lowest BCUT2D eigenvalue weighted by molar-refractivity contribution is -0.385. The minimum absolute atomic E-state index is 0.121. The highest BCUT2D eigenvalue weighted by molar-refractivity contribution is 7.89. The van der Waals surface area contributed by atoms with Gasteiger partial charge in [-0.15, -0.1) is 0 Å². The summed E-state index contributed by atoms with van der Waals surface area (Å²) in [4.78, 5) is 10.2. The van der Waals surface area contributed by atoms with Crippen molar-refractivity contribution in [3.05, 3.63) is 28.3 Å². The van der Waals surface area contributed by atoms with Crippen molar-refractivity contribution in [3.63, 3.8) is 0 Å². The number of sulfonamides is 1. The Morgan fingerprint density at radius 2 is 2.04 bits per heavy atom. The van der Waals surface area contributed by atoms with E-state index in [1.165, 1.54) is 23.5 Å². The molecule has 134 valence electrons. The van der Waals surface area contributed by atoms with E-state index >= 15 is 0 Å². The number of hydrogen-bond acceptors (Lipinski definition) is 6. The Labute approximate surface area is 142 Å². The summed E-state index contributed by atoms with van der Waals surface area (Å²) in [6.45, 7) is 4.62. The largest absolute Gasteiger partial charge is 0.495 e. The van der Waals surface area contributed by atoms with Crippen LogP contribution in [0, 0.1) is 16.0 Å². The fourth-order valence-electron chi connectivity index (χ4n) is 2.82. The predicted molar refractivity (Wildman–Crippen MR) is 89.7 cm³/mol. The van der Waals surface area contributed by atoms with Crippen LogP contribution in [-0.4, -0.2) is 50.9 Å². The maximum absolute atomic E-state index is 12.9. The second-order valence-corrected chi connectivity index (χ2v) is 7.65. The number of benzene rings is 1. The van der Waals surface area contributed by atoms with E-state index in [4.69, 9.17) is 4.74 Å². The fourth-order valence-corrected chi connectivity index (χ4v) is 4.47. The Morgan fingerprint density at radius 1 is 1.38 bits per heavy atom. The molecule has 1 heterocycles. The molecule has 1 aliphatic heterocycles. The van der Waals surface area contributed by atoms with E-state index < -0.39 is 14.9 Å². The summed E-state index contributed by atoms with van der Waals surface area (Å²) >= 11 is 0. The monoisotopic (exact) mass is 357 g/mol. The fraction of sp³-hybridized carbons (Fsp3) is 0.600. The molecule has 1 aromatic rings. The average molecular weight is 357 g/mol. The lowest BCUT2D eigenvalue weighted by Gasteiger charge is -2.31. The normalized spacial score (nSPS) is 16.9. The molecule has 9 heteroatoms. The molecule has 1 fully saturated rings. The van der Waals surface area contributed by atoms with Gasteiger partial charge in [-0.3, -0.25) is 10.1 Å². The van der Waals surface area contributed by atoms with Gasteiger partial charge in [-0.1, -0.05) is 6.92 Å². The molecular weight excluding hydrogens is 334 g/mol. The van der Waals surface area contributed by atoms with Gasteiger partial charge in [0.25, 0.3) is 5.69 Å². The molecule has 1 N–H and O–H groups in total. The number of nitro benzene ring substituents is 1. The van der Waals surface area contributed by atoms with Crippen LogP contribution in [0.1, 0.15) is 19.8 Å². The second kappa shape index (κ2) is 7.91. The lowest BCUT2D eigenvalue weighted by atomic mass is 9.98. The molecule has 0 atom stereocenters. The molecule has 0 amide bonds. The third-order valence-corrected chi connectivity index (χ3v) is 6.15. The van der Waals surface area contributed by atoms with Crippen LogP contribution < -0.4 is 10.1 Å². The van der Waals surface area contributed by atoms with E-state index in [2.05, 4.69) is 5.32 Å². The van der Waals surface area contributed by atoms with Crippen LogP contribution in [0.3, 0.4) is 0 Å². The smallest absolute Gasteiger partial charge is 0.271 e. The molecule has 0 radical (unpaired) electrons. The molecule has 1 saturated heterocycles. The zero-order valence-corrected chi connectivity index (χ0v) is 14.7. The van der Waals surface area contributed by atoms with Crippen molar-refractivity contribution in [2.45, 2.75) is 24.7 Å². The molecular formula is C15H23N3O5S. The summed E-state index contributed by atoms with van der Waals surface area (Å²) in [5.74, 6) is 0.568. The highest BCUT2D eigenvalue weighted by Gasteiger charge is 2.32. The van der Waals surface area contributed by atoms with Crippen molar-refractivity contribution < 1.29 is 18.1 Å².